The Morgan fingerprint density at radius 2 is 1.85 bits per heavy atom. The Morgan fingerprint density at radius 1 is 1.04 bits per heavy atom. The number of ether oxygens (including phenoxy) is 1. The van der Waals surface area contributed by atoms with Crippen LogP contribution >= 0.6 is 0 Å². The molecule has 0 amide bonds. The number of benzene rings is 3. The molecule has 0 aromatic heterocycles. The lowest BCUT2D eigenvalue weighted by molar-refractivity contribution is 0.0527. The van der Waals surface area contributed by atoms with Crippen molar-refractivity contribution in [2.75, 3.05) is 6.61 Å². The monoisotopic (exact) mass is 360 g/mol. The summed E-state index contributed by atoms with van der Waals surface area (Å²) in [6.45, 7) is 2.03. The largest absolute Gasteiger partial charge is 0.508 e. The van der Waals surface area contributed by atoms with E-state index in [1.54, 1.807) is 37.3 Å². The molecule has 2 aromatic rings. The first-order valence-corrected chi connectivity index (χ1v) is 8.54. The summed E-state index contributed by atoms with van der Waals surface area (Å²) in [5.41, 5.74) is 2.77. The molecule has 0 saturated carbocycles. The number of phenolic OH excluding ortho intramolecular Hbond substituents is 1. The quantitative estimate of drug-likeness (QED) is 0.431. The summed E-state index contributed by atoms with van der Waals surface area (Å²) >= 11 is 0. The molecule has 1 aliphatic heterocycles. The molecule has 0 saturated heterocycles. The van der Waals surface area contributed by atoms with Crippen LogP contribution in [0.2, 0.25) is 0 Å². The molecular formula is C22H16O5. The van der Waals surface area contributed by atoms with Crippen molar-refractivity contribution in [3.8, 4) is 28.2 Å². The van der Waals surface area contributed by atoms with E-state index in [9.17, 15) is 14.7 Å². The van der Waals surface area contributed by atoms with Crippen molar-refractivity contribution in [1.29, 1.82) is 0 Å². The van der Waals surface area contributed by atoms with Crippen LogP contribution in [0.15, 0.2) is 69.9 Å². The number of hydrogen-bond acceptors (Lipinski definition) is 5. The number of carbonyl (C=O) groups excluding carboxylic acids is 1. The van der Waals surface area contributed by atoms with Crippen LogP contribution in [0, 0.1) is 0 Å². The van der Waals surface area contributed by atoms with Crippen LogP contribution in [0.4, 0.5) is 0 Å². The Labute approximate surface area is 154 Å². The van der Waals surface area contributed by atoms with Crippen molar-refractivity contribution < 1.29 is 19.1 Å². The summed E-state index contributed by atoms with van der Waals surface area (Å²) in [4.78, 5) is 24.3. The summed E-state index contributed by atoms with van der Waals surface area (Å²) in [5, 5.41) is 10.6. The van der Waals surface area contributed by atoms with Crippen LogP contribution < -0.4 is 5.43 Å². The van der Waals surface area contributed by atoms with Crippen molar-refractivity contribution >= 4 is 16.9 Å². The zero-order valence-electron chi connectivity index (χ0n) is 14.6. The fourth-order valence-corrected chi connectivity index (χ4v) is 3.24. The average molecular weight is 360 g/mol. The SMILES string of the molecule is CCOC(=O)c1ccccc1-c1c2ccc(=O)cc-2oc2cc(O)ccc12. The van der Waals surface area contributed by atoms with Crippen LogP contribution in [0.1, 0.15) is 17.3 Å². The average Bonchev–Trinajstić information content (AvgIpc) is 2.66. The van der Waals surface area contributed by atoms with Crippen LogP contribution in [0.25, 0.3) is 33.4 Å². The third-order valence-corrected chi connectivity index (χ3v) is 4.37. The van der Waals surface area contributed by atoms with Gasteiger partial charge in [0.1, 0.15) is 17.1 Å². The van der Waals surface area contributed by atoms with Crippen molar-refractivity contribution in [2.45, 2.75) is 6.92 Å². The highest BCUT2D eigenvalue weighted by atomic mass is 16.5. The Bertz CT molecular complexity index is 1190. The Kier molecular flexibility index (Phi) is 4.12. The maximum absolute atomic E-state index is 12.5. The summed E-state index contributed by atoms with van der Waals surface area (Å²) < 4.78 is 11.0. The van der Waals surface area contributed by atoms with E-state index in [0.717, 1.165) is 10.9 Å². The summed E-state index contributed by atoms with van der Waals surface area (Å²) in [7, 11) is 0. The van der Waals surface area contributed by atoms with Gasteiger partial charge in [0.05, 0.1) is 12.2 Å². The number of hydrogen-bond donors (Lipinski definition) is 1. The topological polar surface area (TPSA) is 76.7 Å². The van der Waals surface area contributed by atoms with Crippen LogP contribution in [0.5, 0.6) is 5.75 Å². The molecular weight excluding hydrogens is 344 g/mol. The zero-order chi connectivity index (χ0) is 19.0. The van der Waals surface area contributed by atoms with E-state index in [-0.39, 0.29) is 17.8 Å². The highest BCUT2D eigenvalue weighted by molar-refractivity contribution is 6.07. The van der Waals surface area contributed by atoms with Gasteiger partial charge >= 0.3 is 5.97 Å². The Balaban J connectivity index is 2.13. The van der Waals surface area contributed by atoms with E-state index in [0.29, 0.717) is 28.0 Å². The molecule has 1 aliphatic carbocycles. The maximum Gasteiger partial charge on any atom is 0.338 e. The molecule has 0 radical (unpaired) electrons. The normalized spacial score (nSPS) is 11.0. The lowest BCUT2D eigenvalue weighted by Crippen LogP contribution is -2.07. The van der Waals surface area contributed by atoms with E-state index in [1.165, 1.54) is 18.2 Å². The molecule has 5 nitrogen and oxygen atoms in total. The second-order valence-corrected chi connectivity index (χ2v) is 6.08. The lowest BCUT2D eigenvalue weighted by atomic mass is 9.91. The molecule has 134 valence electrons. The molecule has 4 rings (SSSR count). The smallest absolute Gasteiger partial charge is 0.338 e. The van der Waals surface area contributed by atoms with Gasteiger partial charge in [-0.2, -0.15) is 0 Å². The van der Waals surface area contributed by atoms with Crippen LogP contribution in [0.3, 0.4) is 0 Å². The standard InChI is InChI=1S/C22H16O5/c1-2-26-22(25)16-6-4-3-5-15(16)21-17-9-7-13(23)11-19(17)27-20-12-14(24)8-10-18(20)21/h3-12,23H,2H2,1H3. The highest BCUT2D eigenvalue weighted by Gasteiger charge is 2.22. The van der Waals surface area contributed by atoms with Gasteiger partial charge in [0.15, 0.2) is 5.43 Å². The molecule has 0 spiro atoms. The van der Waals surface area contributed by atoms with Gasteiger partial charge in [-0.15, -0.1) is 0 Å². The second-order valence-electron chi connectivity index (χ2n) is 6.08. The van der Waals surface area contributed by atoms with Gasteiger partial charge in [-0.3, -0.25) is 4.79 Å². The number of esters is 1. The third-order valence-electron chi connectivity index (χ3n) is 4.37. The lowest BCUT2D eigenvalue weighted by Gasteiger charge is -2.17. The number of fused-ring (bicyclic) bond motifs is 2. The molecule has 1 heterocycles. The number of phenols is 1. The van der Waals surface area contributed by atoms with Gasteiger partial charge in [-0.25, -0.2) is 4.79 Å². The van der Waals surface area contributed by atoms with E-state index in [4.69, 9.17) is 9.15 Å². The van der Waals surface area contributed by atoms with Gasteiger partial charge < -0.3 is 14.3 Å². The Morgan fingerprint density at radius 3 is 2.67 bits per heavy atom. The van der Waals surface area contributed by atoms with Gasteiger partial charge in [-0.05, 0) is 42.8 Å². The Hall–Kier alpha value is -3.60. The van der Waals surface area contributed by atoms with Gasteiger partial charge in [-0.1, -0.05) is 18.2 Å². The first kappa shape index (κ1) is 16.8. The van der Waals surface area contributed by atoms with E-state index in [2.05, 4.69) is 0 Å². The second kappa shape index (κ2) is 6.61. The van der Waals surface area contributed by atoms with Gasteiger partial charge in [0, 0.05) is 28.6 Å². The summed E-state index contributed by atoms with van der Waals surface area (Å²) in [5.74, 6) is 0.0113. The maximum atomic E-state index is 12.5. The minimum atomic E-state index is -0.422. The van der Waals surface area contributed by atoms with E-state index < -0.39 is 5.97 Å². The first-order valence-electron chi connectivity index (χ1n) is 8.54. The molecule has 0 unspecified atom stereocenters. The van der Waals surface area contributed by atoms with E-state index in [1.807, 2.05) is 12.1 Å². The van der Waals surface area contributed by atoms with Crippen molar-refractivity contribution in [3.63, 3.8) is 0 Å². The van der Waals surface area contributed by atoms with Crippen molar-refractivity contribution in [3.05, 3.63) is 76.5 Å². The number of carbonyl (C=O) groups is 1. The predicted molar refractivity (Wildman–Crippen MR) is 102 cm³/mol. The number of rotatable bonds is 3. The molecule has 0 bridgehead atoms. The molecule has 0 fully saturated rings. The molecule has 5 heteroatoms. The highest BCUT2D eigenvalue weighted by Crippen LogP contribution is 2.41. The zero-order valence-corrected chi connectivity index (χ0v) is 14.6. The van der Waals surface area contributed by atoms with Crippen molar-refractivity contribution in [2.24, 2.45) is 0 Å². The van der Waals surface area contributed by atoms with E-state index >= 15 is 0 Å². The fraction of sp³-hybridized carbons (Fsp3) is 0.0909. The van der Waals surface area contributed by atoms with Crippen LogP contribution in [-0.2, 0) is 4.74 Å². The molecule has 2 aliphatic rings. The number of aromatic hydroxyl groups is 1. The van der Waals surface area contributed by atoms with Crippen molar-refractivity contribution in [1.82, 2.24) is 0 Å². The first-order chi connectivity index (χ1) is 13.1. The van der Waals surface area contributed by atoms with Gasteiger partial charge in [0.2, 0.25) is 0 Å². The van der Waals surface area contributed by atoms with Crippen LogP contribution in [-0.4, -0.2) is 17.7 Å². The predicted octanol–water partition coefficient (Wildman–Crippen LogP) is 4.45. The minimum absolute atomic E-state index is 0.0495. The summed E-state index contributed by atoms with van der Waals surface area (Å²) in [6.07, 6.45) is 0. The molecule has 2 aromatic carbocycles. The third kappa shape index (κ3) is 2.93. The molecule has 1 N–H and O–H groups in total. The summed E-state index contributed by atoms with van der Waals surface area (Å²) in [6, 6.07) is 16.5. The minimum Gasteiger partial charge on any atom is -0.508 e. The fourth-order valence-electron chi connectivity index (χ4n) is 3.24. The molecule has 27 heavy (non-hydrogen) atoms. The molecule has 0 atom stereocenters. The van der Waals surface area contributed by atoms with Gasteiger partial charge in [0.25, 0.3) is 0 Å².